The number of aliphatic hydroxyl groups is 1. The number of aliphatic hydroxyl groups excluding tert-OH is 1. The van der Waals surface area contributed by atoms with Crippen LogP contribution in [0.15, 0.2) is 12.4 Å². The summed E-state index contributed by atoms with van der Waals surface area (Å²) in [5, 5.41) is 13.2. The van der Waals surface area contributed by atoms with E-state index in [0.29, 0.717) is 25.8 Å². The highest BCUT2D eigenvalue weighted by molar-refractivity contribution is 5.77. The number of aromatic nitrogens is 2. The first kappa shape index (κ1) is 18.9. The summed E-state index contributed by atoms with van der Waals surface area (Å²) in [5.74, 6) is 0.423. The van der Waals surface area contributed by atoms with E-state index < -0.39 is 0 Å². The summed E-state index contributed by atoms with van der Waals surface area (Å²) in [6, 6.07) is 0. The van der Waals surface area contributed by atoms with Crippen LogP contribution >= 0.6 is 0 Å². The van der Waals surface area contributed by atoms with Gasteiger partial charge >= 0.3 is 0 Å². The van der Waals surface area contributed by atoms with Crippen LogP contribution in [0.3, 0.4) is 0 Å². The molecule has 0 aromatic carbocycles. The molecule has 0 atom stereocenters. The molecule has 2 aliphatic heterocycles. The Labute approximate surface area is 155 Å². The van der Waals surface area contributed by atoms with Crippen LogP contribution in [0, 0.1) is 5.41 Å². The molecule has 26 heavy (non-hydrogen) atoms. The molecule has 3 rings (SSSR count). The van der Waals surface area contributed by atoms with Gasteiger partial charge in [-0.05, 0) is 43.1 Å². The summed E-state index contributed by atoms with van der Waals surface area (Å²) >= 11 is 0. The molecule has 1 aromatic heterocycles. The fraction of sp³-hybridized carbons (Fsp3) is 0.737. The zero-order valence-corrected chi connectivity index (χ0v) is 15.7. The molecule has 3 heterocycles. The number of carbonyl (C=O) groups is 2. The maximum Gasteiger partial charge on any atom is 0.222 e. The summed E-state index contributed by atoms with van der Waals surface area (Å²) in [4.78, 5) is 28.5. The van der Waals surface area contributed by atoms with Crippen molar-refractivity contribution in [3.8, 4) is 0 Å². The summed E-state index contributed by atoms with van der Waals surface area (Å²) in [7, 11) is 1.88. The Morgan fingerprint density at radius 3 is 2.73 bits per heavy atom. The molecule has 2 aliphatic rings. The van der Waals surface area contributed by atoms with Gasteiger partial charge in [-0.15, -0.1) is 0 Å². The normalized spacial score (nSPS) is 20.0. The number of amides is 2. The zero-order chi connectivity index (χ0) is 18.6. The lowest BCUT2D eigenvalue weighted by Crippen LogP contribution is -2.52. The Balaban J connectivity index is 1.48. The molecule has 0 saturated carbocycles. The number of likely N-dealkylation sites (tertiary alicyclic amines) is 2. The van der Waals surface area contributed by atoms with Crippen LogP contribution < -0.4 is 0 Å². The van der Waals surface area contributed by atoms with Crippen molar-refractivity contribution in [2.24, 2.45) is 12.5 Å². The van der Waals surface area contributed by atoms with Gasteiger partial charge in [-0.2, -0.15) is 5.10 Å². The summed E-state index contributed by atoms with van der Waals surface area (Å²) in [6.07, 6.45) is 9.14. The lowest BCUT2D eigenvalue weighted by atomic mass is 9.72. The molecular weight excluding hydrogens is 332 g/mol. The lowest BCUT2D eigenvalue weighted by Gasteiger charge is -2.47. The molecular formula is C19H30N4O3. The molecule has 7 heteroatoms. The van der Waals surface area contributed by atoms with Crippen molar-refractivity contribution in [2.45, 2.75) is 44.9 Å². The van der Waals surface area contributed by atoms with Crippen molar-refractivity contribution < 1.29 is 14.7 Å². The van der Waals surface area contributed by atoms with E-state index in [2.05, 4.69) is 5.10 Å². The average molecular weight is 362 g/mol. The monoisotopic (exact) mass is 362 g/mol. The lowest BCUT2D eigenvalue weighted by molar-refractivity contribution is -0.142. The van der Waals surface area contributed by atoms with E-state index in [1.165, 1.54) is 0 Å². The van der Waals surface area contributed by atoms with Crippen molar-refractivity contribution in [1.82, 2.24) is 19.6 Å². The quantitative estimate of drug-likeness (QED) is 0.818. The second kappa shape index (κ2) is 8.20. The van der Waals surface area contributed by atoms with Crippen LogP contribution in [0.2, 0.25) is 0 Å². The first-order valence-electron chi connectivity index (χ1n) is 9.65. The van der Waals surface area contributed by atoms with Gasteiger partial charge in [0.25, 0.3) is 0 Å². The molecule has 2 saturated heterocycles. The summed E-state index contributed by atoms with van der Waals surface area (Å²) in [5.41, 5.74) is 1.25. The van der Waals surface area contributed by atoms with Gasteiger partial charge in [-0.3, -0.25) is 14.3 Å². The van der Waals surface area contributed by atoms with Crippen molar-refractivity contribution in [1.29, 1.82) is 0 Å². The maximum atomic E-state index is 12.5. The number of carbonyl (C=O) groups excluding carboxylic acids is 2. The van der Waals surface area contributed by atoms with Gasteiger partial charge in [0.15, 0.2) is 0 Å². The molecule has 0 bridgehead atoms. The summed E-state index contributed by atoms with van der Waals surface area (Å²) in [6.45, 7) is 3.12. The van der Waals surface area contributed by atoms with E-state index in [1.54, 1.807) is 4.68 Å². The van der Waals surface area contributed by atoms with Gasteiger partial charge in [0.1, 0.15) is 0 Å². The van der Waals surface area contributed by atoms with Crippen molar-refractivity contribution >= 4 is 11.8 Å². The zero-order valence-electron chi connectivity index (χ0n) is 15.7. The fourth-order valence-electron chi connectivity index (χ4n) is 4.22. The van der Waals surface area contributed by atoms with Gasteiger partial charge in [0.2, 0.25) is 11.8 Å². The minimum absolute atomic E-state index is 0.121. The first-order chi connectivity index (χ1) is 12.5. The summed E-state index contributed by atoms with van der Waals surface area (Å²) < 4.78 is 1.76. The van der Waals surface area contributed by atoms with Crippen molar-refractivity contribution in [3.63, 3.8) is 0 Å². The van der Waals surface area contributed by atoms with E-state index in [0.717, 1.165) is 50.9 Å². The Hall–Kier alpha value is -1.89. The number of nitrogens with zero attached hydrogens (tertiary/aromatic N) is 4. The van der Waals surface area contributed by atoms with E-state index in [4.69, 9.17) is 5.11 Å². The standard InChI is InChI=1S/C19H30N4O3/c1-21-14-16(13-20-21)3-4-17(25)22-10-7-19(8-11-22)6-5-18(26)23(15-19)9-2-12-24/h13-14,24H,2-12,15H2,1H3. The van der Waals surface area contributed by atoms with E-state index >= 15 is 0 Å². The molecule has 2 amide bonds. The predicted octanol–water partition coefficient (Wildman–Crippen LogP) is 0.966. The Bertz CT molecular complexity index is 634. The van der Waals surface area contributed by atoms with E-state index in [9.17, 15) is 9.59 Å². The van der Waals surface area contributed by atoms with Gasteiger partial charge in [0.05, 0.1) is 6.20 Å². The topological polar surface area (TPSA) is 78.7 Å². The van der Waals surface area contributed by atoms with Gasteiger partial charge in [-0.1, -0.05) is 0 Å². The number of hydrogen-bond acceptors (Lipinski definition) is 4. The fourth-order valence-corrected chi connectivity index (χ4v) is 4.22. The highest BCUT2D eigenvalue weighted by Crippen LogP contribution is 2.40. The van der Waals surface area contributed by atoms with Gasteiger partial charge < -0.3 is 14.9 Å². The maximum absolute atomic E-state index is 12.5. The minimum Gasteiger partial charge on any atom is -0.396 e. The van der Waals surface area contributed by atoms with Crippen LogP contribution in [0.25, 0.3) is 0 Å². The average Bonchev–Trinajstić information content (AvgIpc) is 3.06. The SMILES string of the molecule is Cn1cc(CCC(=O)N2CCC3(CCC(=O)N(CCCO)C3)CC2)cn1. The highest BCUT2D eigenvalue weighted by atomic mass is 16.3. The Morgan fingerprint density at radius 1 is 1.31 bits per heavy atom. The van der Waals surface area contributed by atoms with E-state index in [1.807, 2.05) is 29.2 Å². The van der Waals surface area contributed by atoms with Crippen molar-refractivity contribution in [2.75, 3.05) is 32.8 Å². The molecule has 1 spiro atoms. The van der Waals surface area contributed by atoms with E-state index in [-0.39, 0.29) is 23.8 Å². The smallest absolute Gasteiger partial charge is 0.222 e. The largest absolute Gasteiger partial charge is 0.396 e. The van der Waals surface area contributed by atoms with Gasteiger partial charge in [0, 0.05) is 58.9 Å². The van der Waals surface area contributed by atoms with Crippen molar-refractivity contribution in [3.05, 3.63) is 18.0 Å². The third-order valence-corrected chi connectivity index (χ3v) is 5.90. The second-order valence-corrected chi connectivity index (χ2v) is 7.80. The molecule has 1 aromatic rings. The minimum atomic E-state index is 0.121. The van der Waals surface area contributed by atoms with Crippen LogP contribution in [0.1, 0.15) is 44.1 Å². The molecule has 0 unspecified atom stereocenters. The molecule has 1 N–H and O–H groups in total. The van der Waals surface area contributed by atoms with Crippen LogP contribution in [-0.2, 0) is 23.1 Å². The molecule has 7 nitrogen and oxygen atoms in total. The van der Waals surface area contributed by atoms with Crippen LogP contribution in [0.4, 0.5) is 0 Å². The number of piperidine rings is 2. The van der Waals surface area contributed by atoms with Gasteiger partial charge in [-0.25, -0.2) is 0 Å². The molecule has 2 fully saturated rings. The number of aryl methyl sites for hydroxylation is 2. The number of hydrogen-bond donors (Lipinski definition) is 1. The molecule has 144 valence electrons. The second-order valence-electron chi connectivity index (χ2n) is 7.80. The first-order valence-corrected chi connectivity index (χ1v) is 9.65. The van der Waals surface area contributed by atoms with Crippen LogP contribution in [0.5, 0.6) is 0 Å². The highest BCUT2D eigenvalue weighted by Gasteiger charge is 2.41. The third-order valence-electron chi connectivity index (χ3n) is 5.90. The Morgan fingerprint density at radius 2 is 2.08 bits per heavy atom. The third kappa shape index (κ3) is 4.44. The molecule has 0 aliphatic carbocycles. The predicted molar refractivity (Wildman–Crippen MR) is 97.3 cm³/mol. The molecule has 0 radical (unpaired) electrons. The van der Waals surface area contributed by atoms with Crippen LogP contribution in [-0.4, -0.2) is 69.3 Å². The number of rotatable bonds is 6. The Kier molecular flexibility index (Phi) is 5.96.